The highest BCUT2D eigenvalue weighted by molar-refractivity contribution is 5.81. The maximum Gasteiger partial charge on any atom is 0.328 e. The van der Waals surface area contributed by atoms with Crippen LogP contribution in [0.1, 0.15) is 45.4 Å². The molecule has 2 fully saturated rings. The Morgan fingerprint density at radius 2 is 2.00 bits per heavy atom. The second-order valence-corrected chi connectivity index (χ2v) is 6.14. The highest BCUT2D eigenvalue weighted by Gasteiger charge is 2.55. The van der Waals surface area contributed by atoms with Crippen LogP contribution in [0.2, 0.25) is 0 Å². The van der Waals surface area contributed by atoms with Crippen LogP contribution in [0.15, 0.2) is 23.8 Å². The second kappa shape index (κ2) is 5.41. The summed E-state index contributed by atoms with van der Waals surface area (Å²) in [6.07, 6.45) is 10.2. The summed E-state index contributed by atoms with van der Waals surface area (Å²) in [6.45, 7) is 1.63. The van der Waals surface area contributed by atoms with Gasteiger partial charge in [0, 0.05) is 6.08 Å². The Morgan fingerprint density at radius 3 is 2.45 bits per heavy atom. The summed E-state index contributed by atoms with van der Waals surface area (Å²) >= 11 is 0. The van der Waals surface area contributed by atoms with Gasteiger partial charge in [-0.3, -0.25) is 0 Å². The molecular formula is C16H21NO3. The Hall–Kier alpha value is -1.60. The fourth-order valence-corrected chi connectivity index (χ4v) is 2.98. The first kappa shape index (κ1) is 14.8. The van der Waals surface area contributed by atoms with Gasteiger partial charge in [0.15, 0.2) is 0 Å². The van der Waals surface area contributed by atoms with E-state index in [1.54, 1.807) is 19.1 Å². The number of aliphatic carboxylic acids is 1. The molecule has 0 heterocycles. The first-order valence-electron chi connectivity index (χ1n) is 7.18. The fourth-order valence-electron chi connectivity index (χ4n) is 2.98. The Morgan fingerprint density at radius 1 is 1.40 bits per heavy atom. The van der Waals surface area contributed by atoms with E-state index in [1.807, 2.05) is 0 Å². The lowest BCUT2D eigenvalue weighted by Crippen LogP contribution is -2.33. The average Bonchev–Trinajstić information content (AvgIpc) is 3.02. The number of carboxylic acid groups (broad SMARTS) is 1. The topological polar surface area (TPSA) is 81.3 Å². The van der Waals surface area contributed by atoms with E-state index in [0.29, 0.717) is 12.8 Å². The van der Waals surface area contributed by atoms with E-state index in [9.17, 15) is 9.90 Å². The fraction of sp³-hybridized carbons (Fsp3) is 0.625. The van der Waals surface area contributed by atoms with Gasteiger partial charge >= 0.3 is 5.97 Å². The molecule has 4 heteroatoms. The molecule has 0 aromatic heterocycles. The van der Waals surface area contributed by atoms with Crippen LogP contribution in [-0.4, -0.2) is 21.8 Å². The third-order valence-corrected chi connectivity index (χ3v) is 4.65. The molecule has 0 aliphatic heterocycles. The lowest BCUT2D eigenvalue weighted by atomic mass is 9.85. The van der Waals surface area contributed by atoms with E-state index in [2.05, 4.69) is 6.07 Å². The third kappa shape index (κ3) is 2.94. The number of rotatable bonds is 5. The number of nitrogens with zero attached hydrogens (tertiary/aromatic N) is 1. The van der Waals surface area contributed by atoms with Crippen LogP contribution in [0.25, 0.3) is 0 Å². The van der Waals surface area contributed by atoms with Crippen LogP contribution in [0.4, 0.5) is 0 Å². The first-order valence-corrected chi connectivity index (χ1v) is 7.18. The molecule has 1 atom stereocenters. The van der Waals surface area contributed by atoms with E-state index < -0.39 is 17.0 Å². The molecule has 0 spiro atoms. The van der Waals surface area contributed by atoms with Crippen molar-refractivity contribution in [1.82, 2.24) is 0 Å². The predicted octanol–water partition coefficient (Wildman–Crippen LogP) is 2.80. The average molecular weight is 275 g/mol. The highest BCUT2D eigenvalue weighted by atomic mass is 16.4. The van der Waals surface area contributed by atoms with Crippen molar-refractivity contribution in [2.75, 3.05) is 0 Å². The summed E-state index contributed by atoms with van der Waals surface area (Å²) in [5.74, 6) is -0.701. The summed E-state index contributed by atoms with van der Waals surface area (Å²) in [4.78, 5) is 10.9. The second-order valence-electron chi connectivity index (χ2n) is 6.14. The summed E-state index contributed by atoms with van der Waals surface area (Å²) in [7, 11) is 0. The van der Waals surface area contributed by atoms with Crippen molar-refractivity contribution in [2.24, 2.45) is 11.3 Å². The van der Waals surface area contributed by atoms with E-state index in [4.69, 9.17) is 10.4 Å². The van der Waals surface area contributed by atoms with Crippen LogP contribution in [0.3, 0.4) is 0 Å². The lowest BCUT2D eigenvalue weighted by Gasteiger charge is -2.25. The molecule has 2 rings (SSSR count). The molecule has 0 amide bonds. The Labute approximate surface area is 119 Å². The van der Waals surface area contributed by atoms with Crippen LogP contribution in [0, 0.1) is 22.7 Å². The maximum absolute atomic E-state index is 10.9. The molecule has 2 N–H and O–H groups in total. The minimum Gasteiger partial charge on any atom is -0.478 e. The Balaban J connectivity index is 2.17. The number of hydrogen-bond acceptors (Lipinski definition) is 3. The molecule has 0 aromatic carbocycles. The summed E-state index contributed by atoms with van der Waals surface area (Å²) < 4.78 is 0. The van der Waals surface area contributed by atoms with Gasteiger partial charge in [0.25, 0.3) is 0 Å². The molecule has 0 unspecified atom stereocenters. The van der Waals surface area contributed by atoms with Crippen molar-refractivity contribution in [2.45, 2.75) is 51.0 Å². The van der Waals surface area contributed by atoms with Gasteiger partial charge in [-0.05, 0) is 44.1 Å². The largest absolute Gasteiger partial charge is 0.478 e. The molecule has 0 aromatic rings. The van der Waals surface area contributed by atoms with Crippen molar-refractivity contribution >= 4 is 5.97 Å². The van der Waals surface area contributed by atoms with Gasteiger partial charge in [0.1, 0.15) is 0 Å². The molecule has 20 heavy (non-hydrogen) atoms. The molecule has 2 aliphatic rings. The van der Waals surface area contributed by atoms with Crippen molar-refractivity contribution in [3.05, 3.63) is 23.8 Å². The zero-order valence-electron chi connectivity index (χ0n) is 11.8. The van der Waals surface area contributed by atoms with Crippen LogP contribution >= 0.6 is 0 Å². The summed E-state index contributed by atoms with van der Waals surface area (Å²) in [5, 5.41) is 28.6. The number of carbonyl (C=O) groups is 1. The molecule has 4 nitrogen and oxygen atoms in total. The molecule has 0 saturated heterocycles. The van der Waals surface area contributed by atoms with Crippen molar-refractivity contribution in [3.8, 4) is 6.07 Å². The highest BCUT2D eigenvalue weighted by Crippen LogP contribution is 2.54. The van der Waals surface area contributed by atoms with E-state index >= 15 is 0 Å². The van der Waals surface area contributed by atoms with Gasteiger partial charge in [0.2, 0.25) is 0 Å². The van der Waals surface area contributed by atoms with E-state index in [1.165, 1.54) is 6.08 Å². The number of aliphatic hydroxyl groups is 1. The Bertz CT molecular complexity index is 486. The quantitative estimate of drug-likeness (QED) is 0.597. The van der Waals surface area contributed by atoms with Gasteiger partial charge in [-0.15, -0.1) is 0 Å². The molecular weight excluding hydrogens is 254 g/mol. The minimum atomic E-state index is -1.20. The van der Waals surface area contributed by atoms with Gasteiger partial charge in [-0.2, -0.15) is 5.26 Å². The maximum atomic E-state index is 10.9. The molecule has 2 saturated carbocycles. The predicted molar refractivity (Wildman–Crippen MR) is 74.7 cm³/mol. The number of allylic oxidation sites excluding steroid dienone is 2. The summed E-state index contributed by atoms with van der Waals surface area (Å²) in [5.41, 5.74) is -1.13. The van der Waals surface area contributed by atoms with Crippen molar-refractivity contribution < 1.29 is 15.0 Å². The molecule has 2 aliphatic carbocycles. The first-order chi connectivity index (χ1) is 9.40. The minimum absolute atomic E-state index is 0.260. The van der Waals surface area contributed by atoms with Gasteiger partial charge in [-0.1, -0.05) is 25.0 Å². The third-order valence-electron chi connectivity index (χ3n) is 4.65. The smallest absolute Gasteiger partial charge is 0.328 e. The number of hydrogen-bond donors (Lipinski definition) is 2. The summed E-state index contributed by atoms with van der Waals surface area (Å²) in [6, 6.07) is 2.19. The van der Waals surface area contributed by atoms with Crippen molar-refractivity contribution in [3.63, 3.8) is 0 Å². The standard InChI is InChI=1S/C16H21NO3/c1-15(20,16(11-17)8-9-16)7-6-13(10-14(18)19)12-4-2-3-5-12/h6-7,10,12,20H,2-5,8-9H2,1H3,(H,18,19)/b7-6+,13-10+/t15-/m0/s1. The Kier molecular flexibility index (Phi) is 4.01. The van der Waals surface area contributed by atoms with E-state index in [0.717, 1.165) is 31.3 Å². The zero-order chi connectivity index (χ0) is 14.8. The number of nitriles is 1. The van der Waals surface area contributed by atoms with Crippen LogP contribution in [-0.2, 0) is 4.79 Å². The SMILES string of the molecule is C[C@](O)(/C=C/C(=C\C(=O)O)C1CCCC1)C1(C#N)CC1. The van der Waals surface area contributed by atoms with Crippen LogP contribution < -0.4 is 0 Å². The monoisotopic (exact) mass is 275 g/mol. The zero-order valence-corrected chi connectivity index (χ0v) is 11.8. The lowest BCUT2D eigenvalue weighted by molar-refractivity contribution is -0.131. The van der Waals surface area contributed by atoms with Gasteiger partial charge < -0.3 is 10.2 Å². The van der Waals surface area contributed by atoms with Gasteiger partial charge in [-0.25, -0.2) is 4.79 Å². The molecule has 108 valence electrons. The molecule has 0 bridgehead atoms. The number of carboxylic acids is 1. The normalized spacial score (nSPS) is 25.4. The molecule has 0 radical (unpaired) electrons. The van der Waals surface area contributed by atoms with Crippen LogP contribution in [0.5, 0.6) is 0 Å². The van der Waals surface area contributed by atoms with Crippen molar-refractivity contribution in [1.29, 1.82) is 5.26 Å². The van der Waals surface area contributed by atoms with E-state index in [-0.39, 0.29) is 5.92 Å². The van der Waals surface area contributed by atoms with Gasteiger partial charge in [0.05, 0.1) is 17.1 Å².